The molecular weight excluding hydrogens is 396 g/mol. The predicted molar refractivity (Wildman–Crippen MR) is 113 cm³/mol. The van der Waals surface area contributed by atoms with Crippen molar-refractivity contribution < 1.29 is 19.4 Å². The van der Waals surface area contributed by atoms with E-state index in [1.807, 2.05) is 31.2 Å². The first kappa shape index (κ1) is 19.9. The zero-order valence-corrected chi connectivity index (χ0v) is 16.7. The number of thioether (sulfide) groups is 1. The normalized spacial score (nSPS) is 15.2. The van der Waals surface area contributed by atoms with Crippen LogP contribution in [0.3, 0.4) is 0 Å². The number of aromatic hydroxyl groups is 1. The number of hydrogen-bond donors (Lipinski definition) is 2. The van der Waals surface area contributed by atoms with Gasteiger partial charge in [-0.2, -0.15) is 5.01 Å². The molecule has 1 fully saturated rings. The summed E-state index contributed by atoms with van der Waals surface area (Å²) < 4.78 is 5.75. The molecule has 2 N–H and O–H groups in total. The third-order valence-corrected chi connectivity index (χ3v) is 5.11. The van der Waals surface area contributed by atoms with Crippen molar-refractivity contribution >= 4 is 46.2 Å². The highest BCUT2D eigenvalue weighted by Crippen LogP contribution is 2.32. The number of nitrogens with zero attached hydrogens (tertiary/aromatic N) is 1. The average Bonchev–Trinajstić information content (AvgIpc) is 2.95. The van der Waals surface area contributed by atoms with Gasteiger partial charge >= 0.3 is 0 Å². The van der Waals surface area contributed by atoms with Crippen molar-refractivity contribution in [1.82, 2.24) is 10.4 Å². The van der Waals surface area contributed by atoms with Crippen molar-refractivity contribution in [3.05, 3.63) is 64.6 Å². The Bertz CT molecular complexity index is 941. The van der Waals surface area contributed by atoms with E-state index in [2.05, 4.69) is 5.43 Å². The lowest BCUT2D eigenvalue weighted by Crippen LogP contribution is -2.44. The zero-order chi connectivity index (χ0) is 20.1. The summed E-state index contributed by atoms with van der Waals surface area (Å²) in [6.45, 7) is 2.68. The molecule has 0 atom stereocenters. The zero-order valence-electron chi connectivity index (χ0n) is 15.0. The van der Waals surface area contributed by atoms with E-state index in [-0.39, 0.29) is 15.6 Å². The maximum atomic E-state index is 12.6. The largest absolute Gasteiger partial charge is 0.507 e. The summed E-state index contributed by atoms with van der Waals surface area (Å²) in [6, 6.07) is 13.4. The Balaban J connectivity index is 1.71. The fraction of sp³-hybridized carbons (Fsp3) is 0.150. The molecule has 0 aromatic heterocycles. The van der Waals surface area contributed by atoms with Crippen LogP contribution in [0.1, 0.15) is 29.3 Å². The van der Waals surface area contributed by atoms with Gasteiger partial charge in [0.15, 0.2) is 4.32 Å². The highest BCUT2D eigenvalue weighted by atomic mass is 32.2. The van der Waals surface area contributed by atoms with Gasteiger partial charge in [0, 0.05) is 0 Å². The summed E-state index contributed by atoms with van der Waals surface area (Å²) in [4.78, 5) is 25.4. The number of hydrazine groups is 1. The molecule has 2 aromatic carbocycles. The van der Waals surface area contributed by atoms with Crippen LogP contribution in [-0.4, -0.2) is 32.9 Å². The van der Waals surface area contributed by atoms with Crippen LogP contribution in [-0.2, 0) is 4.79 Å². The van der Waals surface area contributed by atoms with Gasteiger partial charge in [-0.05, 0) is 54.5 Å². The van der Waals surface area contributed by atoms with Crippen LogP contribution in [0.2, 0.25) is 0 Å². The minimum absolute atomic E-state index is 0.0585. The maximum absolute atomic E-state index is 12.6. The minimum atomic E-state index is -0.618. The molecule has 1 saturated heterocycles. The van der Waals surface area contributed by atoms with Crippen molar-refractivity contribution in [2.24, 2.45) is 0 Å². The van der Waals surface area contributed by atoms with E-state index in [0.717, 1.165) is 34.5 Å². The summed E-state index contributed by atoms with van der Waals surface area (Å²) >= 11 is 6.31. The third-order valence-electron chi connectivity index (χ3n) is 3.81. The number of para-hydroxylation sites is 1. The molecule has 8 heteroatoms. The van der Waals surface area contributed by atoms with Crippen LogP contribution in [0.15, 0.2) is 53.4 Å². The third kappa shape index (κ3) is 4.52. The summed E-state index contributed by atoms with van der Waals surface area (Å²) in [5, 5.41) is 10.8. The lowest BCUT2D eigenvalue weighted by molar-refractivity contribution is -0.123. The van der Waals surface area contributed by atoms with E-state index >= 15 is 0 Å². The van der Waals surface area contributed by atoms with Crippen molar-refractivity contribution in [2.75, 3.05) is 6.61 Å². The molecule has 2 aromatic rings. The van der Waals surface area contributed by atoms with Crippen molar-refractivity contribution in [1.29, 1.82) is 0 Å². The number of carbonyl (C=O) groups is 2. The molecular formula is C20H18N2O4S2. The lowest BCUT2D eigenvalue weighted by atomic mass is 10.2. The Morgan fingerprint density at radius 2 is 1.96 bits per heavy atom. The molecule has 3 rings (SSSR count). The van der Waals surface area contributed by atoms with Crippen molar-refractivity contribution in [3.8, 4) is 11.5 Å². The van der Waals surface area contributed by atoms with E-state index in [4.69, 9.17) is 17.0 Å². The quantitative estimate of drug-likeness (QED) is 0.554. The van der Waals surface area contributed by atoms with Gasteiger partial charge < -0.3 is 9.84 Å². The van der Waals surface area contributed by atoms with Crippen molar-refractivity contribution in [3.63, 3.8) is 0 Å². The number of rotatable bonds is 6. The van der Waals surface area contributed by atoms with E-state index in [0.29, 0.717) is 11.5 Å². The molecule has 2 amide bonds. The highest BCUT2D eigenvalue weighted by molar-refractivity contribution is 8.26. The minimum Gasteiger partial charge on any atom is -0.507 e. The number of ether oxygens (including phenoxy) is 1. The first-order valence-corrected chi connectivity index (χ1v) is 9.82. The molecule has 1 heterocycles. The molecule has 6 nitrogen and oxygen atoms in total. The summed E-state index contributed by atoms with van der Waals surface area (Å²) in [6.07, 6.45) is 2.63. The number of carbonyl (C=O) groups excluding carboxylic acids is 2. The van der Waals surface area contributed by atoms with E-state index in [9.17, 15) is 14.7 Å². The van der Waals surface area contributed by atoms with Crippen LogP contribution in [0.4, 0.5) is 0 Å². The standard InChI is InChI=1S/C20H18N2O4S2/c1-2-11-26-14-9-7-13(8-10-14)12-17-19(25)22(20(27)28-17)21-18(24)15-5-3-4-6-16(15)23/h3-10,12,23H,2,11H2,1H3,(H,21,24)/b17-12-. The Morgan fingerprint density at radius 1 is 1.25 bits per heavy atom. The number of benzene rings is 2. The maximum Gasteiger partial charge on any atom is 0.285 e. The second-order valence-electron chi connectivity index (χ2n) is 5.89. The van der Waals surface area contributed by atoms with Crippen LogP contribution in [0, 0.1) is 0 Å². The van der Waals surface area contributed by atoms with Gasteiger partial charge in [0.1, 0.15) is 11.5 Å². The Hall–Kier alpha value is -2.84. The van der Waals surface area contributed by atoms with E-state index < -0.39 is 11.8 Å². The van der Waals surface area contributed by atoms with Crippen LogP contribution >= 0.6 is 24.0 Å². The molecule has 144 valence electrons. The van der Waals surface area contributed by atoms with Crippen LogP contribution < -0.4 is 10.2 Å². The van der Waals surface area contributed by atoms with Gasteiger partial charge in [0.25, 0.3) is 11.8 Å². The first-order chi connectivity index (χ1) is 13.5. The Morgan fingerprint density at radius 3 is 2.64 bits per heavy atom. The molecule has 1 aliphatic heterocycles. The number of nitrogens with one attached hydrogen (secondary N) is 1. The second kappa shape index (κ2) is 8.90. The van der Waals surface area contributed by atoms with Gasteiger partial charge in [-0.1, -0.05) is 43.0 Å². The number of thiocarbonyl (C=S) groups is 1. The molecule has 28 heavy (non-hydrogen) atoms. The van der Waals surface area contributed by atoms with Crippen molar-refractivity contribution in [2.45, 2.75) is 13.3 Å². The van der Waals surface area contributed by atoms with Gasteiger partial charge in [-0.3, -0.25) is 15.0 Å². The number of phenols is 1. The predicted octanol–water partition coefficient (Wildman–Crippen LogP) is 3.73. The summed E-state index contributed by atoms with van der Waals surface area (Å²) in [5.41, 5.74) is 3.32. The molecule has 0 aliphatic carbocycles. The van der Waals surface area contributed by atoms with Gasteiger partial charge in [-0.15, -0.1) is 0 Å². The molecule has 0 bridgehead atoms. The highest BCUT2D eigenvalue weighted by Gasteiger charge is 2.34. The topological polar surface area (TPSA) is 78.9 Å². The molecule has 0 saturated carbocycles. The van der Waals surface area contributed by atoms with E-state index in [1.165, 1.54) is 12.1 Å². The first-order valence-electron chi connectivity index (χ1n) is 8.59. The molecule has 0 unspecified atom stereocenters. The number of amides is 2. The number of hydrogen-bond acceptors (Lipinski definition) is 6. The van der Waals surface area contributed by atoms with Gasteiger partial charge in [0.05, 0.1) is 17.1 Å². The molecule has 0 radical (unpaired) electrons. The van der Waals surface area contributed by atoms with Gasteiger partial charge in [-0.25, -0.2) is 0 Å². The van der Waals surface area contributed by atoms with Gasteiger partial charge in [0.2, 0.25) is 0 Å². The van der Waals surface area contributed by atoms with Crippen LogP contribution in [0.5, 0.6) is 11.5 Å². The summed E-state index contributed by atoms with van der Waals surface area (Å²) in [5.74, 6) is -0.453. The Labute approximate surface area is 172 Å². The SMILES string of the molecule is CCCOc1ccc(/C=C2\SC(=S)N(NC(=O)c3ccccc3O)C2=O)cc1. The van der Waals surface area contributed by atoms with Crippen LogP contribution in [0.25, 0.3) is 6.08 Å². The monoisotopic (exact) mass is 414 g/mol. The van der Waals surface area contributed by atoms with E-state index in [1.54, 1.807) is 18.2 Å². The number of phenolic OH excluding ortho intramolecular Hbond substituents is 1. The fourth-order valence-corrected chi connectivity index (χ4v) is 3.60. The molecule has 0 spiro atoms. The average molecular weight is 415 g/mol. The summed E-state index contributed by atoms with van der Waals surface area (Å²) in [7, 11) is 0. The lowest BCUT2D eigenvalue weighted by Gasteiger charge is -2.16. The fourth-order valence-electron chi connectivity index (χ4n) is 2.42. The second-order valence-corrected chi connectivity index (χ2v) is 7.57. The smallest absolute Gasteiger partial charge is 0.285 e. The Kier molecular flexibility index (Phi) is 6.33. The molecule has 1 aliphatic rings.